The van der Waals surface area contributed by atoms with E-state index in [0.29, 0.717) is 29.6 Å². The van der Waals surface area contributed by atoms with E-state index in [-0.39, 0.29) is 45.5 Å². The summed E-state index contributed by atoms with van der Waals surface area (Å²) in [6, 6.07) is 0. The molecule has 5 rings (SSSR count). The summed E-state index contributed by atoms with van der Waals surface area (Å²) in [5.74, 6) is 1.21. The fourth-order valence-corrected chi connectivity index (χ4v) is 12.6. The van der Waals surface area contributed by atoms with E-state index in [4.69, 9.17) is 4.74 Å². The summed E-state index contributed by atoms with van der Waals surface area (Å²) >= 11 is 0. The Hall–Kier alpha value is -1.85. The number of carbonyl (C=O) groups is 3. The van der Waals surface area contributed by atoms with Crippen molar-refractivity contribution in [2.24, 2.45) is 62.1 Å². The molecule has 0 aromatic heterocycles. The molecule has 5 fully saturated rings. The van der Waals surface area contributed by atoms with Crippen LogP contribution in [0.1, 0.15) is 126 Å². The maximum Gasteiger partial charge on any atom is 0.309 e. The lowest BCUT2D eigenvalue weighted by atomic mass is 9.32. The van der Waals surface area contributed by atoms with E-state index < -0.39 is 17.4 Å². The van der Waals surface area contributed by atoms with Gasteiger partial charge in [0.15, 0.2) is 0 Å². The number of hydrogen-bond donors (Lipinski definition) is 2. The van der Waals surface area contributed by atoms with Crippen molar-refractivity contribution in [2.45, 2.75) is 132 Å². The minimum atomic E-state index is -1.14. The average molecular weight is 598 g/mol. The molecule has 0 spiro atoms. The second kappa shape index (κ2) is 10.3. The molecular formula is C37H59NO5. The van der Waals surface area contributed by atoms with Gasteiger partial charge in [0.1, 0.15) is 6.10 Å². The second-order valence-corrected chi connectivity index (χ2v) is 17.6. The van der Waals surface area contributed by atoms with Crippen LogP contribution in [0, 0.1) is 62.1 Å². The Morgan fingerprint density at radius 3 is 2.16 bits per heavy atom. The molecule has 0 aliphatic heterocycles. The van der Waals surface area contributed by atoms with Crippen LogP contribution in [0.3, 0.4) is 0 Å². The lowest BCUT2D eigenvalue weighted by molar-refractivity contribution is -0.249. The molecule has 0 saturated heterocycles. The number of allylic oxidation sites excluding steroid dienone is 1. The highest BCUT2D eigenvalue weighted by atomic mass is 16.5. The quantitative estimate of drug-likeness (QED) is 0.241. The summed E-state index contributed by atoms with van der Waals surface area (Å²) in [7, 11) is 1.82. The van der Waals surface area contributed by atoms with E-state index in [1.54, 1.807) is 13.8 Å². The normalized spacial score (nSPS) is 45.0. The van der Waals surface area contributed by atoms with Gasteiger partial charge in [-0.05, 0) is 131 Å². The molecule has 10 atom stereocenters. The molecule has 1 unspecified atom stereocenters. The van der Waals surface area contributed by atoms with Crippen LogP contribution in [0.2, 0.25) is 0 Å². The molecule has 0 aromatic carbocycles. The summed E-state index contributed by atoms with van der Waals surface area (Å²) in [6.07, 6.45) is 10.4. The van der Waals surface area contributed by atoms with Crippen LogP contribution in [0.4, 0.5) is 0 Å². The van der Waals surface area contributed by atoms with Gasteiger partial charge in [0, 0.05) is 12.5 Å². The first-order valence-corrected chi connectivity index (χ1v) is 17.1. The minimum absolute atomic E-state index is 0.110. The molecule has 43 heavy (non-hydrogen) atoms. The van der Waals surface area contributed by atoms with Gasteiger partial charge < -0.3 is 15.2 Å². The molecule has 0 heterocycles. The Bertz CT molecular complexity index is 1190. The van der Waals surface area contributed by atoms with Gasteiger partial charge in [0.25, 0.3) is 0 Å². The monoisotopic (exact) mass is 597 g/mol. The average Bonchev–Trinajstić information content (AvgIpc) is 3.31. The van der Waals surface area contributed by atoms with Gasteiger partial charge in [-0.2, -0.15) is 0 Å². The summed E-state index contributed by atoms with van der Waals surface area (Å²) < 4.78 is 6.13. The van der Waals surface area contributed by atoms with Crippen molar-refractivity contribution in [1.29, 1.82) is 0 Å². The number of carboxylic acid groups (broad SMARTS) is 1. The number of fused-ring (bicyclic) bond motifs is 7. The van der Waals surface area contributed by atoms with Crippen LogP contribution < -0.4 is 5.32 Å². The number of nitrogens with one attached hydrogen (secondary N) is 1. The third kappa shape index (κ3) is 4.48. The highest BCUT2D eigenvalue weighted by Crippen LogP contribution is 2.77. The van der Waals surface area contributed by atoms with Gasteiger partial charge in [-0.25, -0.2) is 0 Å². The molecule has 0 bridgehead atoms. The van der Waals surface area contributed by atoms with Crippen molar-refractivity contribution in [3.63, 3.8) is 0 Å². The van der Waals surface area contributed by atoms with Crippen molar-refractivity contribution in [3.05, 3.63) is 12.2 Å². The third-order valence-electron chi connectivity index (χ3n) is 15.1. The number of ether oxygens (including phenoxy) is 1. The van der Waals surface area contributed by atoms with Crippen molar-refractivity contribution in [1.82, 2.24) is 5.32 Å². The Kier molecular flexibility index (Phi) is 7.82. The molecule has 6 heteroatoms. The summed E-state index contributed by atoms with van der Waals surface area (Å²) in [6.45, 7) is 22.1. The Balaban J connectivity index is 1.43. The highest BCUT2D eigenvalue weighted by Gasteiger charge is 2.72. The standard InChI is InChI=1S/C37H59NO5/c1-22(2)23-13-18-37(30(40)38-10)20-19-35(8)24(29(23)37)11-12-26-34(7)16-15-27(43-28(39)21-32(3,4)31(41)42)33(5,6)25(34)14-17-36(26,35)9/h23-27,29H,1,11-21H2,2-10H3,(H,38,40)(H,41,42)/t23-,24+,25-,26?,27-,29+,34-,35+,36+,37-/m0/s1. The second-order valence-electron chi connectivity index (χ2n) is 17.6. The molecule has 2 N–H and O–H groups in total. The van der Waals surface area contributed by atoms with Gasteiger partial charge in [-0.15, -0.1) is 0 Å². The summed E-state index contributed by atoms with van der Waals surface area (Å²) in [5, 5.41) is 12.6. The Morgan fingerprint density at radius 1 is 0.884 bits per heavy atom. The van der Waals surface area contributed by atoms with E-state index in [1.807, 2.05) is 7.05 Å². The highest BCUT2D eigenvalue weighted by molar-refractivity contribution is 5.83. The lowest BCUT2D eigenvalue weighted by Crippen LogP contribution is -2.67. The van der Waals surface area contributed by atoms with Crippen LogP contribution >= 0.6 is 0 Å². The van der Waals surface area contributed by atoms with Crippen LogP contribution in [-0.2, 0) is 19.1 Å². The van der Waals surface area contributed by atoms with E-state index in [9.17, 15) is 19.5 Å². The maximum absolute atomic E-state index is 13.6. The minimum Gasteiger partial charge on any atom is -0.481 e. The topological polar surface area (TPSA) is 92.7 Å². The van der Waals surface area contributed by atoms with Crippen molar-refractivity contribution in [3.8, 4) is 0 Å². The molecule has 1 amide bonds. The third-order valence-corrected chi connectivity index (χ3v) is 15.1. The number of carbonyl (C=O) groups excluding carboxylic acids is 2. The molecule has 0 aromatic rings. The zero-order chi connectivity index (χ0) is 32.0. The molecule has 6 nitrogen and oxygen atoms in total. The van der Waals surface area contributed by atoms with E-state index >= 15 is 0 Å². The molecule has 5 aliphatic rings. The Labute approximate surface area is 260 Å². The van der Waals surface area contributed by atoms with Gasteiger partial charge >= 0.3 is 11.9 Å². The maximum atomic E-state index is 13.6. The van der Waals surface area contributed by atoms with Gasteiger partial charge in [0.2, 0.25) is 5.91 Å². The molecular weight excluding hydrogens is 538 g/mol. The molecule has 0 radical (unpaired) electrons. The van der Waals surface area contributed by atoms with Crippen LogP contribution in [-0.4, -0.2) is 36.1 Å². The number of carboxylic acids is 1. The number of hydrogen-bond acceptors (Lipinski definition) is 4. The first kappa shape index (κ1) is 32.5. The van der Waals surface area contributed by atoms with Gasteiger partial charge in [-0.1, -0.05) is 46.8 Å². The molecule has 242 valence electrons. The number of esters is 1. The number of aliphatic carboxylic acids is 1. The Morgan fingerprint density at radius 2 is 1.56 bits per heavy atom. The van der Waals surface area contributed by atoms with Crippen LogP contribution in [0.25, 0.3) is 0 Å². The van der Waals surface area contributed by atoms with Crippen molar-refractivity contribution in [2.75, 3.05) is 7.05 Å². The SMILES string of the molecule is C=C(C)[C@@H]1CC[C@]2(C(=O)NC)CC[C@]3(C)[C@H](CCC4[C@@]5(C)CC[C@H](OC(=O)CC(C)(C)C(=O)O)C(C)(C)[C@@H]5CC[C@]43C)[C@@H]12. The van der Waals surface area contributed by atoms with Gasteiger partial charge in [0.05, 0.1) is 17.3 Å². The lowest BCUT2D eigenvalue weighted by Gasteiger charge is -2.72. The summed E-state index contributed by atoms with van der Waals surface area (Å²) in [4.78, 5) is 38.2. The van der Waals surface area contributed by atoms with E-state index in [2.05, 4.69) is 53.4 Å². The first-order valence-electron chi connectivity index (χ1n) is 17.1. The van der Waals surface area contributed by atoms with Crippen molar-refractivity contribution < 1.29 is 24.2 Å². The largest absolute Gasteiger partial charge is 0.481 e. The fraction of sp³-hybridized carbons (Fsp3) is 0.865. The summed E-state index contributed by atoms with van der Waals surface area (Å²) in [5.41, 5.74) is 0.168. The van der Waals surface area contributed by atoms with Crippen molar-refractivity contribution >= 4 is 17.8 Å². The first-order chi connectivity index (χ1) is 19.8. The smallest absolute Gasteiger partial charge is 0.309 e. The zero-order valence-electron chi connectivity index (χ0n) is 28.5. The zero-order valence-corrected chi connectivity index (χ0v) is 28.5. The fourth-order valence-electron chi connectivity index (χ4n) is 12.6. The predicted molar refractivity (Wildman–Crippen MR) is 169 cm³/mol. The van der Waals surface area contributed by atoms with E-state index in [1.165, 1.54) is 24.8 Å². The van der Waals surface area contributed by atoms with Crippen LogP contribution in [0.5, 0.6) is 0 Å². The van der Waals surface area contributed by atoms with E-state index in [0.717, 1.165) is 44.9 Å². The predicted octanol–water partition coefficient (Wildman–Crippen LogP) is 7.80. The molecule has 5 aliphatic carbocycles. The van der Waals surface area contributed by atoms with Crippen LogP contribution in [0.15, 0.2) is 12.2 Å². The number of rotatable bonds is 6. The van der Waals surface area contributed by atoms with Gasteiger partial charge in [-0.3, -0.25) is 14.4 Å². The number of amides is 1. The molecule has 5 saturated carbocycles.